The summed E-state index contributed by atoms with van der Waals surface area (Å²) in [7, 11) is 0. The van der Waals surface area contributed by atoms with Crippen LogP contribution in [0.2, 0.25) is 0 Å². The lowest BCUT2D eigenvalue weighted by Crippen LogP contribution is -2.50. The molecule has 42 heavy (non-hydrogen) atoms. The maximum atomic E-state index is 15.0. The summed E-state index contributed by atoms with van der Waals surface area (Å²) in [4.78, 5) is 3.87. The predicted octanol–water partition coefficient (Wildman–Crippen LogP) is 9.97. The van der Waals surface area contributed by atoms with Crippen LogP contribution in [0.15, 0.2) is 48.2 Å². The molecule has 1 atom stereocenters. The molecular formula is C29H29F10NO2. The Bertz CT molecular complexity index is 1250. The largest absolute Gasteiger partial charge is 0.573 e. The second kappa shape index (κ2) is 11.9. The molecule has 0 N–H and O–H groups in total. The number of pyridine rings is 1. The fourth-order valence-corrected chi connectivity index (χ4v) is 5.53. The molecule has 0 aliphatic heterocycles. The molecular weight excluding hydrogens is 584 g/mol. The van der Waals surface area contributed by atoms with E-state index >= 15 is 8.78 Å². The molecule has 1 saturated carbocycles. The van der Waals surface area contributed by atoms with Gasteiger partial charge in [0.25, 0.3) is 0 Å². The van der Waals surface area contributed by atoms with Gasteiger partial charge in [-0.05, 0) is 81.2 Å². The summed E-state index contributed by atoms with van der Waals surface area (Å²) in [6, 6.07) is 4.80. The Hall–Kier alpha value is -2.99. The second-order valence-electron chi connectivity index (χ2n) is 10.8. The zero-order valence-corrected chi connectivity index (χ0v) is 22.5. The number of hydrogen-bond acceptors (Lipinski definition) is 3. The molecule has 0 bridgehead atoms. The molecule has 1 unspecified atom stereocenters. The molecule has 232 valence electrons. The van der Waals surface area contributed by atoms with Crippen LogP contribution in [0, 0.1) is 23.6 Å². The van der Waals surface area contributed by atoms with Crippen LogP contribution in [0.4, 0.5) is 43.9 Å². The maximum absolute atomic E-state index is 15.0. The van der Waals surface area contributed by atoms with Crippen molar-refractivity contribution in [2.24, 2.45) is 17.8 Å². The van der Waals surface area contributed by atoms with E-state index in [0.29, 0.717) is 12.8 Å². The van der Waals surface area contributed by atoms with Gasteiger partial charge in [-0.3, -0.25) is 4.98 Å². The minimum atomic E-state index is -5.10. The minimum Gasteiger partial charge on any atom is -0.431 e. The standard InChI is InChI=1S/C29H29F10NO2/c1-2-17-3-6-19(7-4-17)26(31,32)27(33,34)20-8-10-21(11-9-20)28(35,36)41-22-12-13-24(40-16-22)18-5-14-25(23(30)15-18)42-29(37,38)39/h5-6,12-17,20-21H,2-4,7-11H2,1H3. The van der Waals surface area contributed by atoms with Crippen molar-refractivity contribution >= 4 is 0 Å². The Balaban J connectivity index is 1.36. The quantitative estimate of drug-likeness (QED) is 0.208. The average molecular weight is 614 g/mol. The van der Waals surface area contributed by atoms with Gasteiger partial charge < -0.3 is 9.47 Å². The molecule has 1 fully saturated rings. The molecule has 1 aromatic carbocycles. The molecule has 3 nitrogen and oxygen atoms in total. The first-order valence-corrected chi connectivity index (χ1v) is 13.6. The summed E-state index contributed by atoms with van der Waals surface area (Å²) in [5.74, 6) is -14.6. The maximum Gasteiger partial charge on any atom is 0.573 e. The van der Waals surface area contributed by atoms with Gasteiger partial charge in [0.1, 0.15) is 5.75 Å². The lowest BCUT2D eigenvalue weighted by Gasteiger charge is -2.40. The number of rotatable bonds is 9. The molecule has 0 radical (unpaired) electrons. The Labute approximate surface area is 235 Å². The Kier molecular flexibility index (Phi) is 9.09. The third kappa shape index (κ3) is 6.96. The van der Waals surface area contributed by atoms with Crippen molar-refractivity contribution in [3.05, 3.63) is 54.0 Å². The summed E-state index contributed by atoms with van der Waals surface area (Å²) >= 11 is 0. The summed E-state index contributed by atoms with van der Waals surface area (Å²) in [5.41, 5.74) is -0.520. The van der Waals surface area contributed by atoms with E-state index in [1.54, 1.807) is 0 Å². The smallest absolute Gasteiger partial charge is 0.431 e. The summed E-state index contributed by atoms with van der Waals surface area (Å²) < 4.78 is 149. The molecule has 2 aliphatic carbocycles. The summed E-state index contributed by atoms with van der Waals surface area (Å²) in [5, 5.41) is 0. The molecule has 0 spiro atoms. The fraction of sp³-hybridized carbons (Fsp3) is 0.552. The highest BCUT2D eigenvalue weighted by molar-refractivity contribution is 5.60. The highest BCUT2D eigenvalue weighted by Crippen LogP contribution is 2.53. The highest BCUT2D eigenvalue weighted by Gasteiger charge is 2.63. The molecule has 13 heteroatoms. The number of hydrogen-bond donors (Lipinski definition) is 0. The van der Waals surface area contributed by atoms with Crippen molar-refractivity contribution in [3.63, 3.8) is 0 Å². The molecule has 2 aromatic rings. The Morgan fingerprint density at radius 2 is 1.50 bits per heavy atom. The first-order chi connectivity index (χ1) is 19.5. The van der Waals surface area contributed by atoms with Gasteiger partial charge in [-0.25, -0.2) is 4.39 Å². The zero-order chi connectivity index (χ0) is 30.9. The van der Waals surface area contributed by atoms with Crippen LogP contribution >= 0.6 is 0 Å². The van der Waals surface area contributed by atoms with E-state index in [1.807, 2.05) is 6.92 Å². The summed E-state index contributed by atoms with van der Waals surface area (Å²) in [6.45, 7) is 1.91. The topological polar surface area (TPSA) is 31.4 Å². The number of nitrogens with zero attached hydrogens (tertiary/aromatic N) is 1. The second-order valence-corrected chi connectivity index (χ2v) is 10.8. The SMILES string of the molecule is CCC1CC=C(C(F)(F)C(F)(F)C2CCC(C(F)(F)Oc3ccc(-c4ccc(OC(F)(F)F)c(F)c4)nc3)CC2)CC1. The first kappa shape index (κ1) is 31.9. The van der Waals surface area contributed by atoms with Crippen molar-refractivity contribution < 1.29 is 53.4 Å². The fourth-order valence-electron chi connectivity index (χ4n) is 5.53. The van der Waals surface area contributed by atoms with Crippen molar-refractivity contribution in [1.29, 1.82) is 0 Å². The van der Waals surface area contributed by atoms with E-state index in [0.717, 1.165) is 36.9 Å². The first-order valence-electron chi connectivity index (χ1n) is 13.6. The zero-order valence-electron chi connectivity index (χ0n) is 22.5. The van der Waals surface area contributed by atoms with Gasteiger partial charge in [0.2, 0.25) is 0 Å². The van der Waals surface area contributed by atoms with E-state index in [9.17, 15) is 35.1 Å². The highest BCUT2D eigenvalue weighted by atomic mass is 19.4. The molecule has 0 amide bonds. The van der Waals surface area contributed by atoms with Gasteiger partial charge in [0.05, 0.1) is 17.8 Å². The third-order valence-electron chi connectivity index (χ3n) is 8.08. The number of ether oxygens (including phenoxy) is 2. The van der Waals surface area contributed by atoms with E-state index in [1.165, 1.54) is 12.1 Å². The third-order valence-corrected chi connectivity index (χ3v) is 8.08. The van der Waals surface area contributed by atoms with Gasteiger partial charge >= 0.3 is 24.3 Å². The van der Waals surface area contributed by atoms with Crippen LogP contribution < -0.4 is 9.47 Å². The van der Waals surface area contributed by atoms with E-state index in [2.05, 4.69) is 9.72 Å². The van der Waals surface area contributed by atoms with Gasteiger partial charge in [0, 0.05) is 17.1 Å². The average Bonchev–Trinajstić information content (AvgIpc) is 2.93. The van der Waals surface area contributed by atoms with Crippen LogP contribution in [-0.2, 0) is 0 Å². The Morgan fingerprint density at radius 1 is 0.833 bits per heavy atom. The normalized spacial score (nSPS) is 22.5. The van der Waals surface area contributed by atoms with Gasteiger partial charge in [-0.15, -0.1) is 13.2 Å². The lowest BCUT2D eigenvalue weighted by molar-refractivity contribution is -0.275. The molecule has 1 aromatic heterocycles. The predicted molar refractivity (Wildman–Crippen MR) is 133 cm³/mol. The lowest BCUT2D eigenvalue weighted by atomic mass is 9.74. The molecule has 4 rings (SSSR count). The van der Waals surface area contributed by atoms with Crippen LogP contribution in [0.25, 0.3) is 11.3 Å². The van der Waals surface area contributed by atoms with Crippen molar-refractivity contribution in [2.75, 3.05) is 0 Å². The number of allylic oxidation sites excluding steroid dienone is 2. The van der Waals surface area contributed by atoms with Gasteiger partial charge in [-0.1, -0.05) is 19.4 Å². The molecule has 1 heterocycles. The van der Waals surface area contributed by atoms with E-state index in [4.69, 9.17) is 4.74 Å². The monoisotopic (exact) mass is 613 g/mol. The Morgan fingerprint density at radius 3 is 2.02 bits per heavy atom. The van der Waals surface area contributed by atoms with Crippen molar-refractivity contribution in [2.45, 2.75) is 82.6 Å². The van der Waals surface area contributed by atoms with Crippen LogP contribution in [0.3, 0.4) is 0 Å². The minimum absolute atomic E-state index is 0.0325. The van der Waals surface area contributed by atoms with E-state index < -0.39 is 84.7 Å². The molecule has 2 aliphatic rings. The van der Waals surface area contributed by atoms with Crippen LogP contribution in [-0.4, -0.2) is 29.3 Å². The number of benzene rings is 1. The van der Waals surface area contributed by atoms with Gasteiger partial charge in [-0.2, -0.15) is 26.3 Å². The number of alkyl halides is 9. The van der Waals surface area contributed by atoms with Crippen molar-refractivity contribution in [3.8, 4) is 22.8 Å². The van der Waals surface area contributed by atoms with E-state index in [-0.39, 0.29) is 23.6 Å². The molecule has 0 saturated heterocycles. The number of halogens is 10. The van der Waals surface area contributed by atoms with Crippen molar-refractivity contribution in [1.82, 2.24) is 4.98 Å². The number of aromatic nitrogens is 1. The van der Waals surface area contributed by atoms with Gasteiger partial charge in [0.15, 0.2) is 11.6 Å². The van der Waals surface area contributed by atoms with Crippen LogP contribution in [0.1, 0.15) is 58.3 Å². The van der Waals surface area contributed by atoms with Crippen LogP contribution in [0.5, 0.6) is 11.5 Å². The summed E-state index contributed by atoms with van der Waals surface area (Å²) in [6.07, 6.45) is -7.46.